The van der Waals surface area contributed by atoms with Crippen molar-refractivity contribution in [2.75, 3.05) is 6.54 Å². The zero-order chi connectivity index (χ0) is 19.9. The van der Waals surface area contributed by atoms with Gasteiger partial charge in [0.2, 0.25) is 0 Å². The number of rotatable bonds is 8. The van der Waals surface area contributed by atoms with E-state index in [9.17, 15) is 4.79 Å². The zero-order valence-corrected chi connectivity index (χ0v) is 16.6. The molecule has 0 radical (unpaired) electrons. The molecule has 3 aromatic rings. The van der Waals surface area contributed by atoms with Crippen LogP contribution in [-0.2, 0) is 12.8 Å². The summed E-state index contributed by atoms with van der Waals surface area (Å²) in [5, 5.41) is 7.35. The van der Waals surface area contributed by atoms with Crippen LogP contribution < -0.4 is 10.1 Å². The molecule has 0 aliphatic carbocycles. The Morgan fingerprint density at radius 3 is 2.61 bits per heavy atom. The first-order valence-electron chi connectivity index (χ1n) is 9.60. The van der Waals surface area contributed by atoms with Crippen LogP contribution in [0.2, 0.25) is 0 Å². The molecule has 0 saturated carbocycles. The zero-order valence-electron chi connectivity index (χ0n) is 16.6. The fraction of sp³-hybridized carbons (Fsp3) is 0.318. The van der Waals surface area contributed by atoms with Gasteiger partial charge in [-0.3, -0.25) is 4.79 Å². The molecule has 1 N–H and O–H groups in total. The number of hydrogen-bond donors (Lipinski definition) is 1. The van der Waals surface area contributed by atoms with Gasteiger partial charge in [-0.1, -0.05) is 25.1 Å². The van der Waals surface area contributed by atoms with Crippen LogP contribution in [0.1, 0.15) is 42.4 Å². The maximum absolute atomic E-state index is 12.6. The Labute approximate surface area is 165 Å². The van der Waals surface area contributed by atoms with Crippen molar-refractivity contribution in [1.82, 2.24) is 20.1 Å². The third kappa shape index (κ3) is 4.76. The number of aromatic nitrogens is 3. The third-order valence-corrected chi connectivity index (χ3v) is 4.31. The van der Waals surface area contributed by atoms with E-state index in [-0.39, 0.29) is 12.0 Å². The van der Waals surface area contributed by atoms with Gasteiger partial charge in [0.15, 0.2) is 5.82 Å². The highest BCUT2D eigenvalue weighted by atomic mass is 16.5. The van der Waals surface area contributed by atoms with E-state index in [4.69, 9.17) is 4.74 Å². The molecule has 6 nitrogen and oxygen atoms in total. The normalized spacial score (nSPS) is 10.9. The fourth-order valence-electron chi connectivity index (χ4n) is 3.00. The SMILES string of the molecule is CCc1c(C(=O)NCCc2ccc(OC(C)C)cc2)cnn1-c1ccccn1. The van der Waals surface area contributed by atoms with E-state index in [0.29, 0.717) is 24.3 Å². The van der Waals surface area contributed by atoms with Gasteiger partial charge < -0.3 is 10.1 Å². The summed E-state index contributed by atoms with van der Waals surface area (Å²) in [6.07, 6.45) is 4.93. The van der Waals surface area contributed by atoms with Crippen molar-refractivity contribution in [1.29, 1.82) is 0 Å². The molecule has 0 fully saturated rings. The molecule has 0 bridgehead atoms. The summed E-state index contributed by atoms with van der Waals surface area (Å²) in [5.74, 6) is 1.46. The van der Waals surface area contributed by atoms with Crippen LogP contribution in [0.3, 0.4) is 0 Å². The first kappa shape index (κ1) is 19.6. The largest absolute Gasteiger partial charge is 0.491 e. The van der Waals surface area contributed by atoms with Crippen LogP contribution in [0, 0.1) is 0 Å². The third-order valence-electron chi connectivity index (χ3n) is 4.31. The number of ether oxygens (including phenoxy) is 1. The summed E-state index contributed by atoms with van der Waals surface area (Å²) < 4.78 is 7.37. The first-order valence-corrected chi connectivity index (χ1v) is 9.60. The maximum Gasteiger partial charge on any atom is 0.254 e. The lowest BCUT2D eigenvalue weighted by molar-refractivity contribution is 0.0953. The van der Waals surface area contributed by atoms with Crippen molar-refractivity contribution in [2.45, 2.75) is 39.7 Å². The van der Waals surface area contributed by atoms with Gasteiger partial charge in [-0.15, -0.1) is 0 Å². The lowest BCUT2D eigenvalue weighted by atomic mass is 10.1. The van der Waals surface area contributed by atoms with E-state index in [1.165, 1.54) is 0 Å². The van der Waals surface area contributed by atoms with Gasteiger partial charge in [0.25, 0.3) is 5.91 Å². The van der Waals surface area contributed by atoms with Gasteiger partial charge in [-0.2, -0.15) is 5.10 Å². The first-order chi connectivity index (χ1) is 13.6. The summed E-state index contributed by atoms with van der Waals surface area (Å²) >= 11 is 0. The van der Waals surface area contributed by atoms with E-state index in [1.54, 1.807) is 17.1 Å². The molecule has 0 spiro atoms. The quantitative estimate of drug-likeness (QED) is 0.650. The Kier molecular flexibility index (Phi) is 6.42. The van der Waals surface area contributed by atoms with Crippen LogP contribution in [0.15, 0.2) is 54.9 Å². The fourth-order valence-corrected chi connectivity index (χ4v) is 3.00. The van der Waals surface area contributed by atoms with Crippen molar-refractivity contribution in [3.8, 4) is 11.6 Å². The highest BCUT2D eigenvalue weighted by Gasteiger charge is 2.17. The number of carbonyl (C=O) groups is 1. The Bertz CT molecular complexity index is 902. The summed E-state index contributed by atoms with van der Waals surface area (Å²) in [4.78, 5) is 16.9. The van der Waals surface area contributed by atoms with Gasteiger partial charge >= 0.3 is 0 Å². The molecule has 0 aliphatic rings. The van der Waals surface area contributed by atoms with Crippen molar-refractivity contribution in [3.63, 3.8) is 0 Å². The van der Waals surface area contributed by atoms with E-state index < -0.39 is 0 Å². The number of hydrogen-bond acceptors (Lipinski definition) is 4. The van der Waals surface area contributed by atoms with Gasteiger partial charge in [-0.05, 0) is 56.5 Å². The van der Waals surface area contributed by atoms with Crippen LogP contribution in [-0.4, -0.2) is 33.3 Å². The minimum absolute atomic E-state index is 0.112. The number of pyridine rings is 1. The standard InChI is InChI=1S/C22H26N4O2/c1-4-20-19(15-25-26(20)21-7-5-6-13-23-21)22(27)24-14-12-17-8-10-18(11-9-17)28-16(2)3/h5-11,13,15-16H,4,12,14H2,1-3H3,(H,24,27). The van der Waals surface area contributed by atoms with E-state index in [0.717, 1.165) is 23.4 Å². The molecule has 1 aromatic carbocycles. The average Bonchev–Trinajstić information content (AvgIpc) is 3.13. The number of nitrogens with one attached hydrogen (secondary N) is 1. The number of nitrogens with zero attached hydrogens (tertiary/aromatic N) is 3. The lowest BCUT2D eigenvalue weighted by Crippen LogP contribution is -2.26. The summed E-state index contributed by atoms with van der Waals surface area (Å²) in [6.45, 7) is 6.57. The Balaban J connectivity index is 1.60. The van der Waals surface area contributed by atoms with E-state index >= 15 is 0 Å². The second-order valence-electron chi connectivity index (χ2n) is 6.77. The number of amides is 1. The highest BCUT2D eigenvalue weighted by molar-refractivity contribution is 5.95. The van der Waals surface area contributed by atoms with Gasteiger partial charge in [0.1, 0.15) is 5.75 Å². The smallest absolute Gasteiger partial charge is 0.254 e. The van der Waals surface area contributed by atoms with Gasteiger partial charge in [-0.25, -0.2) is 9.67 Å². The molecule has 0 saturated heterocycles. The van der Waals surface area contributed by atoms with Crippen molar-refractivity contribution in [3.05, 3.63) is 71.7 Å². The van der Waals surface area contributed by atoms with Crippen LogP contribution in [0.5, 0.6) is 5.75 Å². The topological polar surface area (TPSA) is 69.0 Å². The van der Waals surface area contributed by atoms with E-state index in [1.807, 2.05) is 63.2 Å². The molecule has 0 aliphatic heterocycles. The Morgan fingerprint density at radius 1 is 1.18 bits per heavy atom. The Hall–Kier alpha value is -3.15. The predicted molar refractivity (Wildman–Crippen MR) is 109 cm³/mol. The summed E-state index contributed by atoms with van der Waals surface area (Å²) in [7, 11) is 0. The van der Waals surface area contributed by atoms with Crippen molar-refractivity contribution >= 4 is 5.91 Å². The molecule has 3 rings (SSSR count). The number of benzene rings is 1. The monoisotopic (exact) mass is 378 g/mol. The van der Waals surface area contributed by atoms with Crippen molar-refractivity contribution < 1.29 is 9.53 Å². The average molecular weight is 378 g/mol. The minimum atomic E-state index is -0.112. The second-order valence-corrected chi connectivity index (χ2v) is 6.77. The maximum atomic E-state index is 12.6. The molecule has 146 valence electrons. The number of carbonyl (C=O) groups excluding carboxylic acids is 1. The molecule has 0 atom stereocenters. The molecule has 6 heteroatoms. The second kappa shape index (κ2) is 9.17. The van der Waals surface area contributed by atoms with Crippen molar-refractivity contribution in [2.24, 2.45) is 0 Å². The van der Waals surface area contributed by atoms with Gasteiger partial charge in [0, 0.05) is 12.7 Å². The molecule has 0 unspecified atom stereocenters. The Morgan fingerprint density at radius 2 is 1.96 bits per heavy atom. The summed E-state index contributed by atoms with van der Waals surface area (Å²) in [5.41, 5.74) is 2.59. The van der Waals surface area contributed by atoms with E-state index in [2.05, 4.69) is 15.4 Å². The predicted octanol–water partition coefficient (Wildman–Crippen LogP) is 3.59. The van der Waals surface area contributed by atoms with Crippen LogP contribution in [0.4, 0.5) is 0 Å². The van der Waals surface area contributed by atoms with Crippen LogP contribution in [0.25, 0.3) is 5.82 Å². The summed E-state index contributed by atoms with van der Waals surface area (Å²) in [6, 6.07) is 13.6. The molecular weight excluding hydrogens is 352 g/mol. The lowest BCUT2D eigenvalue weighted by Gasteiger charge is -2.10. The van der Waals surface area contributed by atoms with Crippen LogP contribution >= 0.6 is 0 Å². The molecular formula is C22H26N4O2. The molecule has 28 heavy (non-hydrogen) atoms. The molecule has 2 aromatic heterocycles. The van der Waals surface area contributed by atoms with Gasteiger partial charge in [0.05, 0.1) is 23.6 Å². The molecule has 2 heterocycles. The highest BCUT2D eigenvalue weighted by Crippen LogP contribution is 2.15. The molecule has 1 amide bonds. The minimum Gasteiger partial charge on any atom is -0.491 e.